The Balaban J connectivity index is 2.26. The van der Waals surface area contributed by atoms with Gasteiger partial charge >= 0.3 is 6.18 Å². The van der Waals surface area contributed by atoms with Gasteiger partial charge in [-0.15, -0.1) is 0 Å². The molecule has 16 heavy (non-hydrogen) atoms. The van der Waals surface area contributed by atoms with Gasteiger partial charge in [0.1, 0.15) is 12.4 Å². The highest BCUT2D eigenvalue weighted by Crippen LogP contribution is 2.14. The second-order valence-corrected chi connectivity index (χ2v) is 3.44. The van der Waals surface area contributed by atoms with E-state index in [4.69, 9.17) is 0 Å². The van der Waals surface area contributed by atoms with Crippen LogP contribution in [0.5, 0.6) is 0 Å². The number of rotatable bonds is 5. The van der Waals surface area contributed by atoms with Crippen LogP contribution >= 0.6 is 0 Å². The van der Waals surface area contributed by atoms with E-state index in [9.17, 15) is 18.3 Å². The third-order valence-electron chi connectivity index (χ3n) is 1.92. The van der Waals surface area contributed by atoms with E-state index >= 15 is 0 Å². The van der Waals surface area contributed by atoms with Crippen molar-refractivity contribution >= 4 is 0 Å². The molecule has 0 aliphatic carbocycles. The van der Waals surface area contributed by atoms with Crippen molar-refractivity contribution in [3.63, 3.8) is 0 Å². The molecule has 0 aromatic carbocycles. The lowest BCUT2D eigenvalue weighted by Gasteiger charge is -2.12. The molecule has 7 heteroatoms. The molecule has 0 bridgehead atoms. The van der Waals surface area contributed by atoms with Gasteiger partial charge < -0.3 is 14.4 Å². The van der Waals surface area contributed by atoms with E-state index < -0.39 is 18.9 Å². The van der Waals surface area contributed by atoms with E-state index in [1.807, 2.05) is 0 Å². The van der Waals surface area contributed by atoms with Crippen LogP contribution in [0.15, 0.2) is 12.4 Å². The molecule has 1 aromatic rings. The summed E-state index contributed by atoms with van der Waals surface area (Å²) in [4.78, 5) is 3.94. The molecular formula is C9H13F3N2O2. The van der Waals surface area contributed by atoms with Gasteiger partial charge in [0.05, 0.1) is 12.7 Å². The summed E-state index contributed by atoms with van der Waals surface area (Å²) in [7, 11) is 1.74. The number of hydrogen-bond acceptors (Lipinski definition) is 3. The summed E-state index contributed by atoms with van der Waals surface area (Å²) in [6.45, 7) is -1.70. The smallest absolute Gasteiger partial charge is 0.390 e. The molecule has 0 spiro atoms. The van der Waals surface area contributed by atoms with Crippen molar-refractivity contribution in [1.29, 1.82) is 0 Å². The van der Waals surface area contributed by atoms with Gasteiger partial charge in [-0.1, -0.05) is 0 Å². The van der Waals surface area contributed by atoms with Crippen LogP contribution in [0, 0.1) is 0 Å². The van der Waals surface area contributed by atoms with E-state index in [1.54, 1.807) is 24.0 Å². The number of aryl methyl sites for hydroxylation is 1. The van der Waals surface area contributed by atoms with Gasteiger partial charge in [-0.2, -0.15) is 13.2 Å². The summed E-state index contributed by atoms with van der Waals surface area (Å²) in [5.41, 5.74) is 0. The SMILES string of the molecule is Cn1ccnc1CC(O)COCC(F)(F)F. The van der Waals surface area contributed by atoms with E-state index in [0.717, 1.165) is 0 Å². The predicted molar refractivity (Wildman–Crippen MR) is 49.8 cm³/mol. The zero-order valence-electron chi connectivity index (χ0n) is 8.74. The van der Waals surface area contributed by atoms with Crippen molar-refractivity contribution in [3.8, 4) is 0 Å². The molecule has 0 aliphatic rings. The Bertz CT molecular complexity index is 325. The first-order valence-corrected chi connectivity index (χ1v) is 4.67. The zero-order chi connectivity index (χ0) is 12.2. The van der Waals surface area contributed by atoms with Gasteiger partial charge in [0.15, 0.2) is 0 Å². The van der Waals surface area contributed by atoms with Gasteiger partial charge in [0.25, 0.3) is 0 Å². The lowest BCUT2D eigenvalue weighted by atomic mass is 10.2. The zero-order valence-corrected chi connectivity index (χ0v) is 8.74. The van der Waals surface area contributed by atoms with Crippen molar-refractivity contribution in [3.05, 3.63) is 18.2 Å². The average Bonchev–Trinajstić information content (AvgIpc) is 2.49. The molecule has 0 aliphatic heterocycles. The van der Waals surface area contributed by atoms with Gasteiger partial charge in [0.2, 0.25) is 0 Å². The summed E-state index contributed by atoms with van der Waals surface area (Å²) in [5.74, 6) is 0.600. The van der Waals surface area contributed by atoms with Crippen LogP contribution in [-0.2, 0) is 18.2 Å². The fourth-order valence-corrected chi connectivity index (χ4v) is 1.17. The molecule has 0 saturated heterocycles. The molecule has 92 valence electrons. The van der Waals surface area contributed by atoms with Crippen LogP contribution in [0.2, 0.25) is 0 Å². The van der Waals surface area contributed by atoms with E-state index in [1.165, 1.54) is 0 Å². The van der Waals surface area contributed by atoms with E-state index in [0.29, 0.717) is 5.82 Å². The molecule has 1 rings (SSSR count). The fourth-order valence-electron chi connectivity index (χ4n) is 1.17. The molecule has 0 radical (unpaired) electrons. The molecule has 4 nitrogen and oxygen atoms in total. The Hall–Kier alpha value is -1.08. The highest BCUT2D eigenvalue weighted by atomic mass is 19.4. The molecule has 1 atom stereocenters. The van der Waals surface area contributed by atoms with E-state index in [2.05, 4.69) is 9.72 Å². The minimum absolute atomic E-state index is 0.168. The van der Waals surface area contributed by atoms with Gasteiger partial charge in [-0.05, 0) is 0 Å². The molecule has 1 heterocycles. The summed E-state index contributed by atoms with van der Waals surface area (Å²) in [5, 5.41) is 9.40. The average molecular weight is 238 g/mol. The topological polar surface area (TPSA) is 47.3 Å². The number of aromatic nitrogens is 2. The second-order valence-electron chi connectivity index (χ2n) is 3.44. The molecular weight excluding hydrogens is 225 g/mol. The standard InChI is InChI=1S/C9H13F3N2O2/c1-14-3-2-13-8(14)4-7(15)5-16-6-9(10,11)12/h2-3,7,15H,4-6H2,1H3. The lowest BCUT2D eigenvalue weighted by molar-refractivity contribution is -0.179. The number of aliphatic hydroxyl groups excluding tert-OH is 1. The van der Waals surface area contributed by atoms with Crippen molar-refractivity contribution in [2.24, 2.45) is 7.05 Å². The molecule has 1 unspecified atom stereocenters. The maximum atomic E-state index is 11.7. The Morgan fingerprint density at radius 1 is 1.56 bits per heavy atom. The molecule has 1 aromatic heterocycles. The Morgan fingerprint density at radius 3 is 2.75 bits per heavy atom. The summed E-state index contributed by atoms with van der Waals surface area (Å²) < 4.78 is 41.2. The summed E-state index contributed by atoms with van der Waals surface area (Å²) >= 11 is 0. The minimum Gasteiger partial charge on any atom is -0.390 e. The first-order valence-electron chi connectivity index (χ1n) is 4.67. The normalized spacial score (nSPS) is 14.1. The van der Waals surface area contributed by atoms with Crippen LogP contribution in [0.1, 0.15) is 5.82 Å². The number of imidazole rings is 1. The van der Waals surface area contributed by atoms with E-state index in [-0.39, 0.29) is 13.0 Å². The third kappa shape index (κ3) is 4.63. The predicted octanol–water partition coefficient (Wildman–Crippen LogP) is 0.902. The van der Waals surface area contributed by atoms with Crippen LogP contribution in [0.25, 0.3) is 0 Å². The lowest BCUT2D eigenvalue weighted by Crippen LogP contribution is -2.24. The van der Waals surface area contributed by atoms with Gasteiger partial charge in [0, 0.05) is 25.9 Å². The Labute approximate surface area is 90.7 Å². The number of ether oxygens (including phenoxy) is 1. The van der Waals surface area contributed by atoms with Crippen molar-refractivity contribution < 1.29 is 23.0 Å². The quantitative estimate of drug-likeness (QED) is 0.829. The second kappa shape index (κ2) is 5.31. The van der Waals surface area contributed by atoms with Gasteiger partial charge in [-0.3, -0.25) is 0 Å². The van der Waals surface area contributed by atoms with Crippen LogP contribution < -0.4 is 0 Å². The first-order chi connectivity index (χ1) is 7.38. The number of nitrogens with zero attached hydrogens (tertiary/aromatic N) is 2. The van der Waals surface area contributed by atoms with Gasteiger partial charge in [-0.25, -0.2) is 4.98 Å². The van der Waals surface area contributed by atoms with Crippen LogP contribution in [-0.4, -0.2) is 40.2 Å². The molecule has 0 saturated carbocycles. The maximum absolute atomic E-state index is 11.7. The molecule has 0 fully saturated rings. The largest absolute Gasteiger partial charge is 0.411 e. The highest BCUT2D eigenvalue weighted by Gasteiger charge is 2.27. The Kier molecular flexibility index (Phi) is 4.31. The van der Waals surface area contributed by atoms with Crippen LogP contribution in [0.3, 0.4) is 0 Å². The van der Waals surface area contributed by atoms with Crippen molar-refractivity contribution in [2.75, 3.05) is 13.2 Å². The fraction of sp³-hybridized carbons (Fsp3) is 0.667. The highest BCUT2D eigenvalue weighted by molar-refractivity contribution is 4.92. The maximum Gasteiger partial charge on any atom is 0.411 e. The Morgan fingerprint density at radius 2 is 2.25 bits per heavy atom. The van der Waals surface area contributed by atoms with Crippen molar-refractivity contribution in [2.45, 2.75) is 18.7 Å². The number of alkyl halides is 3. The summed E-state index contributed by atoms with van der Waals surface area (Å²) in [6.07, 6.45) is -1.93. The van der Waals surface area contributed by atoms with Crippen molar-refractivity contribution in [1.82, 2.24) is 9.55 Å². The molecule has 0 amide bonds. The summed E-state index contributed by atoms with van der Waals surface area (Å²) in [6, 6.07) is 0. The molecule has 1 N–H and O–H groups in total. The number of aliphatic hydroxyl groups is 1. The number of hydrogen-bond donors (Lipinski definition) is 1. The monoisotopic (exact) mass is 238 g/mol. The first kappa shape index (κ1) is 13.0. The minimum atomic E-state index is -4.36. The number of halogens is 3. The third-order valence-corrected chi connectivity index (χ3v) is 1.92. The van der Waals surface area contributed by atoms with Crippen LogP contribution in [0.4, 0.5) is 13.2 Å².